The molecule has 0 heterocycles. The standard InChI is InChI=1S/C36H36O8/c1-3-5-7-9-11-19-20(12-10-8-6-4-2)32(36(43)44)31-26(35(41)42)17-14-22-21-13-16-24(33(37)38)29-25(34(39)40)18-15-23(27(21)29)28(19)30(22)31/h13-18H,3-12H2,1-2H3,(H,37,38)(H,39,40)(H,41,42)(H,43,44). The minimum atomic E-state index is -1.26. The Balaban J connectivity index is 2.07. The van der Waals surface area contributed by atoms with Crippen molar-refractivity contribution in [3.63, 3.8) is 0 Å². The zero-order chi connectivity index (χ0) is 31.7. The minimum absolute atomic E-state index is 0.00833. The number of fused-ring (bicyclic) bond motifs is 2. The first kappa shape index (κ1) is 30.7. The van der Waals surface area contributed by atoms with Crippen molar-refractivity contribution in [2.75, 3.05) is 0 Å². The number of aromatic carboxylic acids is 4. The molecule has 5 aromatic rings. The van der Waals surface area contributed by atoms with Crippen molar-refractivity contribution in [2.45, 2.75) is 78.1 Å². The number of hydrogen-bond donors (Lipinski definition) is 4. The van der Waals surface area contributed by atoms with Crippen LogP contribution in [0.4, 0.5) is 0 Å². The topological polar surface area (TPSA) is 149 Å². The van der Waals surface area contributed by atoms with Crippen molar-refractivity contribution in [3.8, 4) is 0 Å². The molecular formula is C36H36O8. The molecule has 0 aliphatic rings. The number of carbonyl (C=O) groups is 4. The van der Waals surface area contributed by atoms with E-state index in [1.54, 1.807) is 18.2 Å². The van der Waals surface area contributed by atoms with Crippen LogP contribution in [0.2, 0.25) is 0 Å². The number of aryl methyl sites for hydroxylation is 1. The van der Waals surface area contributed by atoms with Crippen LogP contribution in [0, 0.1) is 0 Å². The molecule has 0 fully saturated rings. The molecule has 44 heavy (non-hydrogen) atoms. The van der Waals surface area contributed by atoms with E-state index in [2.05, 4.69) is 13.8 Å². The third-order valence-corrected chi connectivity index (χ3v) is 8.86. The number of rotatable bonds is 14. The van der Waals surface area contributed by atoms with Crippen LogP contribution < -0.4 is 0 Å². The first-order valence-corrected chi connectivity index (χ1v) is 15.3. The van der Waals surface area contributed by atoms with Crippen LogP contribution in [0.1, 0.15) is 118 Å². The van der Waals surface area contributed by atoms with Gasteiger partial charge in [0.25, 0.3) is 0 Å². The maximum atomic E-state index is 13.1. The molecule has 228 valence electrons. The smallest absolute Gasteiger partial charge is 0.336 e. The summed E-state index contributed by atoms with van der Waals surface area (Å²) in [5.41, 5.74) is 1.04. The number of carboxylic acid groups (broad SMARTS) is 4. The normalized spacial score (nSPS) is 11.7. The lowest BCUT2D eigenvalue weighted by Crippen LogP contribution is -2.13. The molecule has 0 atom stereocenters. The van der Waals surface area contributed by atoms with Gasteiger partial charge in [-0.15, -0.1) is 0 Å². The SMILES string of the molecule is CCCCCCc1c(C(=O)O)c2c(C(=O)O)ccc3c4ccc(C(=O)O)c5c(C(=O)O)ccc(c(c1CCCCCC)c23)c54. The highest BCUT2D eigenvalue weighted by molar-refractivity contribution is 6.38. The van der Waals surface area contributed by atoms with Gasteiger partial charge in [-0.1, -0.05) is 70.6 Å². The summed E-state index contributed by atoms with van der Waals surface area (Å²) in [6, 6.07) is 9.09. The van der Waals surface area contributed by atoms with E-state index in [4.69, 9.17) is 0 Å². The van der Waals surface area contributed by atoms with Crippen molar-refractivity contribution < 1.29 is 39.6 Å². The molecule has 5 rings (SSSR count). The van der Waals surface area contributed by atoms with E-state index in [0.717, 1.165) is 56.9 Å². The molecule has 0 saturated heterocycles. The molecular weight excluding hydrogens is 560 g/mol. The highest BCUT2D eigenvalue weighted by Gasteiger charge is 2.30. The largest absolute Gasteiger partial charge is 0.478 e. The fraction of sp³-hybridized carbons (Fsp3) is 0.333. The fourth-order valence-electron chi connectivity index (χ4n) is 6.96. The summed E-state index contributed by atoms with van der Waals surface area (Å²) in [5, 5.41) is 44.8. The molecule has 0 spiro atoms. The second kappa shape index (κ2) is 12.5. The summed E-state index contributed by atoms with van der Waals surface area (Å²) in [4.78, 5) is 50.5. The summed E-state index contributed by atoms with van der Waals surface area (Å²) < 4.78 is 0. The van der Waals surface area contributed by atoms with Gasteiger partial charge in [0.2, 0.25) is 0 Å². The van der Waals surface area contributed by atoms with Crippen molar-refractivity contribution in [3.05, 3.63) is 69.8 Å². The van der Waals surface area contributed by atoms with E-state index in [1.807, 2.05) is 0 Å². The van der Waals surface area contributed by atoms with E-state index in [-0.39, 0.29) is 33.0 Å². The second-order valence-corrected chi connectivity index (χ2v) is 11.5. The average molecular weight is 597 g/mol. The van der Waals surface area contributed by atoms with Gasteiger partial charge in [-0.2, -0.15) is 0 Å². The van der Waals surface area contributed by atoms with E-state index in [1.165, 1.54) is 18.2 Å². The monoisotopic (exact) mass is 596 g/mol. The molecule has 0 unspecified atom stereocenters. The number of benzene rings is 5. The zero-order valence-electron chi connectivity index (χ0n) is 25.0. The predicted octanol–water partition coefficient (Wildman–Crippen LogP) is 8.78. The van der Waals surface area contributed by atoms with Gasteiger partial charge in [0, 0.05) is 10.8 Å². The number of carboxylic acids is 4. The van der Waals surface area contributed by atoms with Gasteiger partial charge in [0.15, 0.2) is 0 Å². The zero-order valence-corrected chi connectivity index (χ0v) is 25.0. The van der Waals surface area contributed by atoms with Crippen LogP contribution in [0.25, 0.3) is 43.1 Å². The number of unbranched alkanes of at least 4 members (excludes halogenated alkanes) is 6. The lowest BCUT2D eigenvalue weighted by Gasteiger charge is -2.24. The van der Waals surface area contributed by atoms with Gasteiger partial charge in [-0.3, -0.25) is 0 Å². The summed E-state index contributed by atoms with van der Waals surface area (Å²) in [6.45, 7) is 4.20. The van der Waals surface area contributed by atoms with E-state index < -0.39 is 23.9 Å². The van der Waals surface area contributed by atoms with Crippen LogP contribution in [-0.4, -0.2) is 44.3 Å². The Bertz CT molecular complexity index is 1930. The Kier molecular flexibility index (Phi) is 8.72. The van der Waals surface area contributed by atoms with Gasteiger partial charge in [0.05, 0.1) is 22.3 Å². The van der Waals surface area contributed by atoms with Crippen molar-refractivity contribution in [1.82, 2.24) is 0 Å². The molecule has 4 N–H and O–H groups in total. The van der Waals surface area contributed by atoms with Gasteiger partial charge >= 0.3 is 23.9 Å². The van der Waals surface area contributed by atoms with Gasteiger partial charge in [-0.25, -0.2) is 19.2 Å². The van der Waals surface area contributed by atoms with Gasteiger partial charge < -0.3 is 20.4 Å². The molecule has 0 aromatic heterocycles. The van der Waals surface area contributed by atoms with Crippen molar-refractivity contribution in [1.29, 1.82) is 0 Å². The Morgan fingerprint density at radius 3 is 1.39 bits per heavy atom. The van der Waals surface area contributed by atoms with Crippen LogP contribution >= 0.6 is 0 Å². The van der Waals surface area contributed by atoms with Crippen LogP contribution in [0.5, 0.6) is 0 Å². The number of hydrogen-bond acceptors (Lipinski definition) is 4. The summed E-state index contributed by atoms with van der Waals surface area (Å²) in [7, 11) is 0. The Morgan fingerprint density at radius 2 is 0.909 bits per heavy atom. The predicted molar refractivity (Wildman–Crippen MR) is 171 cm³/mol. The summed E-state index contributed by atoms with van der Waals surface area (Å²) in [6.07, 6.45) is 8.38. The summed E-state index contributed by atoms with van der Waals surface area (Å²) in [5.74, 6) is -4.94. The molecule has 5 aromatic carbocycles. The van der Waals surface area contributed by atoms with E-state index >= 15 is 0 Å². The Hall–Kier alpha value is -4.72. The molecule has 0 aliphatic carbocycles. The minimum Gasteiger partial charge on any atom is -0.478 e. The molecule has 8 heteroatoms. The molecule has 8 nitrogen and oxygen atoms in total. The van der Waals surface area contributed by atoms with Gasteiger partial charge in [0.1, 0.15) is 0 Å². The quantitative estimate of drug-likeness (QED) is 0.0564. The van der Waals surface area contributed by atoms with Gasteiger partial charge in [-0.05, 0) is 87.3 Å². The molecule has 0 bridgehead atoms. The third-order valence-electron chi connectivity index (χ3n) is 8.86. The second-order valence-electron chi connectivity index (χ2n) is 11.5. The first-order valence-electron chi connectivity index (χ1n) is 15.3. The van der Waals surface area contributed by atoms with Crippen LogP contribution in [-0.2, 0) is 12.8 Å². The highest BCUT2D eigenvalue weighted by Crippen LogP contribution is 2.47. The Labute approximate surface area is 254 Å². The third kappa shape index (κ3) is 5.08. The Morgan fingerprint density at radius 1 is 0.455 bits per heavy atom. The van der Waals surface area contributed by atoms with E-state index in [0.29, 0.717) is 50.7 Å². The van der Waals surface area contributed by atoms with Crippen molar-refractivity contribution in [2.24, 2.45) is 0 Å². The van der Waals surface area contributed by atoms with Crippen LogP contribution in [0.15, 0.2) is 36.4 Å². The molecule has 0 radical (unpaired) electrons. The van der Waals surface area contributed by atoms with Crippen molar-refractivity contribution >= 4 is 67.0 Å². The lowest BCUT2D eigenvalue weighted by atomic mass is 9.78. The van der Waals surface area contributed by atoms with Crippen LogP contribution in [0.3, 0.4) is 0 Å². The van der Waals surface area contributed by atoms with E-state index in [9.17, 15) is 39.6 Å². The lowest BCUT2D eigenvalue weighted by molar-refractivity contribution is 0.0680. The molecule has 0 amide bonds. The highest BCUT2D eigenvalue weighted by atomic mass is 16.4. The summed E-state index contributed by atoms with van der Waals surface area (Å²) >= 11 is 0. The maximum absolute atomic E-state index is 13.1. The molecule has 0 saturated carbocycles. The first-order chi connectivity index (χ1) is 21.1. The maximum Gasteiger partial charge on any atom is 0.336 e. The average Bonchev–Trinajstić information content (AvgIpc) is 2.99. The molecule has 0 aliphatic heterocycles. The fourth-order valence-corrected chi connectivity index (χ4v) is 6.96.